The lowest BCUT2D eigenvalue weighted by atomic mass is 9.96. The van der Waals surface area contributed by atoms with Gasteiger partial charge in [-0.3, -0.25) is 9.59 Å². The smallest absolute Gasteiger partial charge is 0.305 e. The van der Waals surface area contributed by atoms with Crippen LogP contribution in [0, 0.1) is 6.92 Å². The third-order valence-electron chi connectivity index (χ3n) is 6.53. The van der Waals surface area contributed by atoms with Crippen LogP contribution in [-0.4, -0.2) is 44.0 Å². The first-order chi connectivity index (χ1) is 18.3. The number of benzene rings is 3. The van der Waals surface area contributed by atoms with Gasteiger partial charge in [0.25, 0.3) is 5.91 Å². The van der Waals surface area contributed by atoms with Crippen LogP contribution < -0.4 is 5.32 Å². The Balaban J connectivity index is 1.79. The van der Waals surface area contributed by atoms with Gasteiger partial charge in [0.05, 0.1) is 29.9 Å². The van der Waals surface area contributed by atoms with Gasteiger partial charge in [-0.2, -0.15) is 0 Å². The highest BCUT2D eigenvalue weighted by Gasteiger charge is 2.27. The van der Waals surface area contributed by atoms with Gasteiger partial charge >= 0.3 is 5.97 Å². The molecule has 1 heterocycles. The third-order valence-corrected chi connectivity index (χ3v) is 6.53. The van der Waals surface area contributed by atoms with E-state index in [0.29, 0.717) is 17.8 Å². The molecule has 0 spiro atoms. The molecule has 2 atom stereocenters. The number of aliphatic hydroxyl groups excluding tert-OH is 2. The van der Waals surface area contributed by atoms with Crippen molar-refractivity contribution in [2.45, 2.75) is 44.9 Å². The minimum Gasteiger partial charge on any atom is -0.481 e. The minimum absolute atomic E-state index is 0.0415. The van der Waals surface area contributed by atoms with Crippen LogP contribution in [0.4, 0.5) is 5.69 Å². The van der Waals surface area contributed by atoms with Crippen molar-refractivity contribution in [2.75, 3.05) is 5.32 Å². The number of nitrogens with zero attached hydrogens (tertiary/aromatic N) is 1. The van der Waals surface area contributed by atoms with Crippen LogP contribution in [0.25, 0.3) is 22.4 Å². The van der Waals surface area contributed by atoms with Gasteiger partial charge in [0, 0.05) is 23.5 Å². The number of aliphatic hydroxyl groups is 2. The second kappa shape index (κ2) is 12.4. The lowest BCUT2D eigenvalue weighted by molar-refractivity contribution is -0.139. The summed E-state index contributed by atoms with van der Waals surface area (Å²) < 4.78 is 2.03. The number of hydrogen-bond acceptors (Lipinski definition) is 4. The molecule has 4 rings (SSSR count). The predicted molar refractivity (Wildman–Crippen MR) is 148 cm³/mol. The van der Waals surface area contributed by atoms with Crippen molar-refractivity contribution < 1.29 is 24.9 Å². The average Bonchev–Trinajstić information content (AvgIpc) is 3.20. The van der Waals surface area contributed by atoms with Gasteiger partial charge < -0.3 is 25.2 Å². The second-order valence-corrected chi connectivity index (χ2v) is 9.32. The van der Waals surface area contributed by atoms with Crippen LogP contribution in [0.2, 0.25) is 0 Å². The number of anilines is 1. The Hall–Kier alpha value is -4.20. The molecule has 7 heteroatoms. The number of nitrogens with one attached hydrogen (secondary N) is 1. The van der Waals surface area contributed by atoms with Crippen LogP contribution in [0.1, 0.15) is 35.3 Å². The zero-order valence-corrected chi connectivity index (χ0v) is 21.2. The number of rotatable bonds is 11. The highest BCUT2D eigenvalue weighted by Crippen LogP contribution is 2.40. The number of aliphatic carboxylic acids is 1. The summed E-state index contributed by atoms with van der Waals surface area (Å²) in [5, 5.41) is 32.5. The number of carbonyl (C=O) groups is 2. The number of carbonyl (C=O) groups excluding carboxylic acids is 1. The highest BCUT2D eigenvalue weighted by atomic mass is 16.4. The van der Waals surface area contributed by atoms with E-state index in [1.165, 1.54) is 0 Å². The Bertz CT molecular complexity index is 1370. The zero-order valence-electron chi connectivity index (χ0n) is 21.2. The van der Waals surface area contributed by atoms with Crippen molar-refractivity contribution in [3.63, 3.8) is 0 Å². The molecule has 4 aromatic rings. The summed E-state index contributed by atoms with van der Waals surface area (Å²) in [7, 11) is 0. The van der Waals surface area contributed by atoms with Crippen molar-refractivity contribution in [1.29, 1.82) is 0 Å². The highest BCUT2D eigenvalue weighted by molar-refractivity contribution is 6.12. The summed E-state index contributed by atoms with van der Waals surface area (Å²) in [5.74, 6) is -1.35. The first-order valence-electron chi connectivity index (χ1n) is 12.6. The largest absolute Gasteiger partial charge is 0.481 e. The number of carboxylic acids is 1. The zero-order chi connectivity index (χ0) is 27.1. The van der Waals surface area contributed by atoms with Gasteiger partial charge in [-0.15, -0.1) is 0 Å². The van der Waals surface area contributed by atoms with Crippen LogP contribution >= 0.6 is 0 Å². The molecule has 0 saturated carbocycles. The molecule has 196 valence electrons. The van der Waals surface area contributed by atoms with Crippen molar-refractivity contribution in [1.82, 2.24) is 4.57 Å². The van der Waals surface area contributed by atoms with Gasteiger partial charge in [0.2, 0.25) is 0 Å². The van der Waals surface area contributed by atoms with Crippen LogP contribution in [-0.2, 0) is 11.3 Å². The van der Waals surface area contributed by atoms with Crippen LogP contribution in [0.15, 0.2) is 91.0 Å². The number of amides is 1. The molecule has 0 aliphatic rings. The van der Waals surface area contributed by atoms with E-state index in [2.05, 4.69) is 5.32 Å². The van der Waals surface area contributed by atoms with E-state index in [4.69, 9.17) is 5.11 Å². The van der Waals surface area contributed by atoms with Gasteiger partial charge in [0.1, 0.15) is 0 Å². The SMILES string of the molecule is Cc1c(C(=O)Nc2ccccc2)c(-c2ccccc2)c(-c2ccccc2)n1CC[C@@H](O)C[C@@H](O)CC(=O)O. The summed E-state index contributed by atoms with van der Waals surface area (Å²) in [5.41, 5.74) is 5.44. The number of hydrogen-bond donors (Lipinski definition) is 4. The summed E-state index contributed by atoms with van der Waals surface area (Å²) in [6.07, 6.45) is -2.22. The Labute approximate surface area is 222 Å². The Morgan fingerprint density at radius 2 is 1.37 bits per heavy atom. The number of aromatic nitrogens is 1. The maximum atomic E-state index is 13.7. The Kier molecular flexibility index (Phi) is 8.73. The van der Waals surface area contributed by atoms with E-state index in [1.807, 2.05) is 102 Å². The molecule has 1 aromatic heterocycles. The summed E-state index contributed by atoms with van der Waals surface area (Å²) >= 11 is 0. The molecule has 4 N–H and O–H groups in total. The molecule has 0 fully saturated rings. The fourth-order valence-electron chi connectivity index (χ4n) is 4.79. The minimum atomic E-state index is -1.13. The molecular weight excluding hydrogens is 480 g/mol. The average molecular weight is 513 g/mol. The third kappa shape index (κ3) is 6.37. The van der Waals surface area contributed by atoms with E-state index in [-0.39, 0.29) is 18.7 Å². The Morgan fingerprint density at radius 3 is 1.95 bits per heavy atom. The van der Waals surface area contributed by atoms with E-state index < -0.39 is 24.6 Å². The number of para-hydroxylation sites is 1. The van der Waals surface area contributed by atoms with Crippen molar-refractivity contribution in [2.24, 2.45) is 0 Å². The van der Waals surface area contributed by atoms with Gasteiger partial charge in [-0.25, -0.2) is 0 Å². The van der Waals surface area contributed by atoms with E-state index in [9.17, 15) is 19.8 Å². The fourth-order valence-corrected chi connectivity index (χ4v) is 4.79. The molecule has 38 heavy (non-hydrogen) atoms. The molecule has 0 radical (unpaired) electrons. The van der Waals surface area contributed by atoms with Crippen LogP contribution in [0.3, 0.4) is 0 Å². The monoisotopic (exact) mass is 512 g/mol. The summed E-state index contributed by atoms with van der Waals surface area (Å²) in [4.78, 5) is 24.7. The quantitative estimate of drug-likeness (QED) is 0.216. The summed E-state index contributed by atoms with van der Waals surface area (Å²) in [6.45, 7) is 2.26. The standard InChI is InChI=1S/C31H32N2O5/c1-21-28(31(38)32-24-15-9-4-10-16-24)29(22-11-5-2-6-12-22)30(23-13-7-3-8-14-23)33(21)18-17-25(34)19-26(35)20-27(36)37/h2-16,25-26,34-35H,17-20H2,1H3,(H,32,38)(H,36,37)/t25-,26-/m1/s1. The van der Waals surface area contributed by atoms with E-state index in [0.717, 1.165) is 28.1 Å². The molecule has 0 aliphatic carbocycles. The van der Waals surface area contributed by atoms with Crippen molar-refractivity contribution >= 4 is 17.6 Å². The molecule has 1 amide bonds. The maximum Gasteiger partial charge on any atom is 0.305 e. The van der Waals surface area contributed by atoms with Gasteiger partial charge in [-0.1, -0.05) is 78.9 Å². The molecule has 0 unspecified atom stereocenters. The molecule has 0 aliphatic heterocycles. The molecule has 7 nitrogen and oxygen atoms in total. The predicted octanol–water partition coefficient (Wildman–Crippen LogP) is 5.36. The number of carboxylic acid groups (broad SMARTS) is 1. The first kappa shape index (κ1) is 26.9. The van der Waals surface area contributed by atoms with Crippen molar-refractivity contribution in [3.8, 4) is 22.4 Å². The van der Waals surface area contributed by atoms with Crippen molar-refractivity contribution in [3.05, 3.63) is 102 Å². The molecule has 0 saturated heterocycles. The van der Waals surface area contributed by atoms with Gasteiger partial charge in [0.15, 0.2) is 0 Å². The van der Waals surface area contributed by atoms with E-state index in [1.54, 1.807) is 0 Å². The molecular formula is C31H32N2O5. The second-order valence-electron chi connectivity index (χ2n) is 9.32. The first-order valence-corrected chi connectivity index (χ1v) is 12.6. The normalized spacial score (nSPS) is 12.6. The molecule has 0 bridgehead atoms. The summed E-state index contributed by atoms with van der Waals surface area (Å²) in [6, 6.07) is 28.8. The molecule has 3 aromatic carbocycles. The topological polar surface area (TPSA) is 112 Å². The lowest BCUT2D eigenvalue weighted by Crippen LogP contribution is -2.22. The van der Waals surface area contributed by atoms with Crippen LogP contribution in [0.5, 0.6) is 0 Å². The fraction of sp³-hybridized carbons (Fsp3) is 0.226. The van der Waals surface area contributed by atoms with E-state index >= 15 is 0 Å². The van der Waals surface area contributed by atoms with Gasteiger partial charge in [-0.05, 0) is 43.0 Å². The lowest BCUT2D eigenvalue weighted by Gasteiger charge is -2.18. The maximum absolute atomic E-state index is 13.7. The Morgan fingerprint density at radius 1 is 0.816 bits per heavy atom.